The summed E-state index contributed by atoms with van der Waals surface area (Å²) in [5.41, 5.74) is 0. The molecule has 1 fully saturated rings. The third-order valence-electron chi connectivity index (χ3n) is 1.61. The Balaban J connectivity index is 2.06. The van der Waals surface area contributed by atoms with Crippen molar-refractivity contribution in [3.63, 3.8) is 0 Å². The number of aliphatic hydroxyl groups excluding tert-OH is 1. The molecular formula is C6H12O2. The fourth-order valence-corrected chi connectivity index (χ4v) is 1.16. The quantitative estimate of drug-likeness (QED) is 0.543. The van der Waals surface area contributed by atoms with Crippen molar-refractivity contribution < 1.29 is 9.84 Å². The second-order valence-electron chi connectivity index (χ2n) is 2.20. The minimum atomic E-state index is -0.106. The van der Waals surface area contributed by atoms with Crippen molar-refractivity contribution in [3.8, 4) is 0 Å². The Morgan fingerprint density at radius 3 is 2.50 bits per heavy atom. The van der Waals surface area contributed by atoms with Crippen LogP contribution in [0.1, 0.15) is 25.7 Å². The first-order valence-corrected chi connectivity index (χ1v) is 3.16. The number of ether oxygens (including phenoxy) is 1. The van der Waals surface area contributed by atoms with Gasteiger partial charge < -0.3 is 9.84 Å². The number of hydrogen-bond acceptors (Lipinski definition) is 2. The second kappa shape index (κ2) is 3.05. The van der Waals surface area contributed by atoms with Crippen molar-refractivity contribution in [3.05, 3.63) is 0 Å². The van der Waals surface area contributed by atoms with Crippen LogP contribution in [0, 0.1) is 0 Å². The molecule has 0 aromatic rings. The van der Waals surface area contributed by atoms with E-state index in [2.05, 4.69) is 0 Å². The topological polar surface area (TPSA) is 29.5 Å². The van der Waals surface area contributed by atoms with Gasteiger partial charge in [0.15, 0.2) is 0 Å². The average Bonchev–Trinajstić information content (AvgIpc) is 2.19. The summed E-state index contributed by atoms with van der Waals surface area (Å²) < 4.78 is 4.96. The molecule has 2 nitrogen and oxygen atoms in total. The first-order valence-electron chi connectivity index (χ1n) is 3.16. The molecule has 2 heteroatoms. The van der Waals surface area contributed by atoms with Crippen molar-refractivity contribution in [1.29, 1.82) is 0 Å². The predicted octanol–water partition coefficient (Wildman–Crippen LogP) is 0.895. The van der Waals surface area contributed by atoms with Gasteiger partial charge in [-0.1, -0.05) is 12.8 Å². The summed E-state index contributed by atoms with van der Waals surface area (Å²) in [4.78, 5) is 0. The molecule has 48 valence electrons. The van der Waals surface area contributed by atoms with Crippen LogP contribution in [0.3, 0.4) is 0 Å². The fraction of sp³-hybridized carbons (Fsp3) is 1.00. The van der Waals surface area contributed by atoms with Gasteiger partial charge in [-0.3, -0.25) is 0 Å². The van der Waals surface area contributed by atoms with Crippen molar-refractivity contribution >= 4 is 0 Å². The summed E-state index contributed by atoms with van der Waals surface area (Å²) in [6.07, 6.45) is 5.18. The Morgan fingerprint density at radius 2 is 2.00 bits per heavy atom. The maximum absolute atomic E-state index is 8.30. The first-order chi connectivity index (χ1) is 3.93. The van der Waals surface area contributed by atoms with Gasteiger partial charge in [0.25, 0.3) is 0 Å². The normalized spacial score (nSPS) is 22.1. The minimum absolute atomic E-state index is 0.106. The van der Waals surface area contributed by atoms with E-state index in [1.165, 1.54) is 12.8 Å². The van der Waals surface area contributed by atoms with Gasteiger partial charge in [-0.15, -0.1) is 0 Å². The van der Waals surface area contributed by atoms with Crippen LogP contribution < -0.4 is 0 Å². The van der Waals surface area contributed by atoms with E-state index in [0.29, 0.717) is 6.10 Å². The van der Waals surface area contributed by atoms with E-state index in [9.17, 15) is 0 Å². The van der Waals surface area contributed by atoms with Crippen LogP contribution in [0.25, 0.3) is 0 Å². The van der Waals surface area contributed by atoms with E-state index in [0.717, 1.165) is 12.8 Å². The van der Waals surface area contributed by atoms with Crippen LogP contribution in [-0.2, 0) is 4.74 Å². The average molecular weight is 116 g/mol. The van der Waals surface area contributed by atoms with Crippen LogP contribution in [0.4, 0.5) is 0 Å². The molecule has 1 N–H and O–H groups in total. The van der Waals surface area contributed by atoms with E-state index in [-0.39, 0.29) is 6.79 Å². The lowest BCUT2D eigenvalue weighted by atomic mass is 10.3. The molecule has 0 heterocycles. The summed E-state index contributed by atoms with van der Waals surface area (Å²) in [7, 11) is 0. The molecule has 0 saturated heterocycles. The molecule has 1 rings (SSSR count). The van der Waals surface area contributed by atoms with Crippen LogP contribution in [0.5, 0.6) is 0 Å². The summed E-state index contributed by atoms with van der Waals surface area (Å²) in [5.74, 6) is 0. The number of rotatable bonds is 2. The van der Waals surface area contributed by atoms with Crippen molar-refractivity contribution in [2.75, 3.05) is 6.79 Å². The Kier molecular flexibility index (Phi) is 2.30. The number of aliphatic hydroxyl groups is 1. The molecule has 0 atom stereocenters. The second-order valence-corrected chi connectivity index (χ2v) is 2.20. The highest BCUT2D eigenvalue weighted by Crippen LogP contribution is 2.20. The van der Waals surface area contributed by atoms with Crippen molar-refractivity contribution in [2.24, 2.45) is 0 Å². The van der Waals surface area contributed by atoms with Crippen LogP contribution in [-0.4, -0.2) is 18.0 Å². The van der Waals surface area contributed by atoms with Gasteiger partial charge in [0, 0.05) is 0 Å². The molecular weight excluding hydrogens is 104 g/mol. The Hall–Kier alpha value is -0.0800. The zero-order valence-corrected chi connectivity index (χ0v) is 4.97. The molecule has 0 bridgehead atoms. The highest BCUT2D eigenvalue weighted by molar-refractivity contribution is 4.65. The smallest absolute Gasteiger partial charge is 0.143 e. The SMILES string of the molecule is OCOC1CCCC1. The standard InChI is InChI=1S/C6H12O2/c7-5-8-6-3-1-2-4-6/h6-7H,1-5H2. The Morgan fingerprint density at radius 1 is 1.38 bits per heavy atom. The molecule has 1 aliphatic carbocycles. The highest BCUT2D eigenvalue weighted by Gasteiger charge is 2.13. The van der Waals surface area contributed by atoms with E-state index in [4.69, 9.17) is 9.84 Å². The predicted molar refractivity (Wildman–Crippen MR) is 30.4 cm³/mol. The summed E-state index contributed by atoms with van der Waals surface area (Å²) in [6, 6.07) is 0. The maximum Gasteiger partial charge on any atom is 0.143 e. The molecule has 1 saturated carbocycles. The lowest BCUT2D eigenvalue weighted by molar-refractivity contribution is -0.0464. The molecule has 8 heavy (non-hydrogen) atoms. The van der Waals surface area contributed by atoms with E-state index >= 15 is 0 Å². The molecule has 0 aromatic carbocycles. The van der Waals surface area contributed by atoms with E-state index < -0.39 is 0 Å². The fourth-order valence-electron chi connectivity index (χ4n) is 1.16. The van der Waals surface area contributed by atoms with E-state index in [1.54, 1.807) is 0 Å². The van der Waals surface area contributed by atoms with Gasteiger partial charge in [0.1, 0.15) is 6.79 Å². The van der Waals surface area contributed by atoms with Gasteiger partial charge >= 0.3 is 0 Å². The van der Waals surface area contributed by atoms with Crippen LogP contribution in [0.2, 0.25) is 0 Å². The van der Waals surface area contributed by atoms with Gasteiger partial charge in [0.05, 0.1) is 6.10 Å². The largest absolute Gasteiger partial charge is 0.371 e. The molecule has 0 amide bonds. The summed E-state index contributed by atoms with van der Waals surface area (Å²) >= 11 is 0. The molecule has 0 radical (unpaired) electrons. The Labute approximate surface area is 49.5 Å². The lowest BCUT2D eigenvalue weighted by Gasteiger charge is -2.05. The molecule has 0 aliphatic heterocycles. The first kappa shape index (κ1) is 6.05. The lowest BCUT2D eigenvalue weighted by Crippen LogP contribution is -2.07. The van der Waals surface area contributed by atoms with Gasteiger partial charge in [0.2, 0.25) is 0 Å². The van der Waals surface area contributed by atoms with Crippen molar-refractivity contribution in [2.45, 2.75) is 31.8 Å². The van der Waals surface area contributed by atoms with Crippen LogP contribution >= 0.6 is 0 Å². The van der Waals surface area contributed by atoms with Gasteiger partial charge in [-0.25, -0.2) is 0 Å². The van der Waals surface area contributed by atoms with Crippen molar-refractivity contribution in [1.82, 2.24) is 0 Å². The highest BCUT2D eigenvalue weighted by atomic mass is 16.6. The molecule has 0 unspecified atom stereocenters. The summed E-state index contributed by atoms with van der Waals surface area (Å²) in [5, 5.41) is 8.30. The third-order valence-corrected chi connectivity index (χ3v) is 1.61. The van der Waals surface area contributed by atoms with E-state index in [1.807, 2.05) is 0 Å². The number of hydrogen-bond donors (Lipinski definition) is 1. The molecule has 0 spiro atoms. The zero-order chi connectivity index (χ0) is 5.82. The van der Waals surface area contributed by atoms with Gasteiger partial charge in [-0.05, 0) is 12.8 Å². The Bertz CT molecular complexity index is 57.5. The minimum Gasteiger partial charge on any atom is -0.371 e. The molecule has 1 aliphatic rings. The molecule has 0 aromatic heterocycles. The maximum atomic E-state index is 8.30. The van der Waals surface area contributed by atoms with Crippen LogP contribution in [0.15, 0.2) is 0 Å². The monoisotopic (exact) mass is 116 g/mol. The summed E-state index contributed by atoms with van der Waals surface area (Å²) in [6.45, 7) is -0.106. The van der Waals surface area contributed by atoms with Gasteiger partial charge in [-0.2, -0.15) is 0 Å². The third kappa shape index (κ3) is 1.46. The zero-order valence-electron chi connectivity index (χ0n) is 4.97.